The summed E-state index contributed by atoms with van der Waals surface area (Å²) in [5.41, 5.74) is 1.21. The van der Waals surface area contributed by atoms with E-state index in [0.29, 0.717) is 32.5 Å². The quantitative estimate of drug-likeness (QED) is 0.253. The monoisotopic (exact) mass is 557 g/mol. The summed E-state index contributed by atoms with van der Waals surface area (Å²) in [6.07, 6.45) is -2.08. The summed E-state index contributed by atoms with van der Waals surface area (Å²) < 4.78 is 16.1. The van der Waals surface area contributed by atoms with Crippen molar-refractivity contribution in [3.8, 4) is 0 Å². The molecule has 0 bridgehead atoms. The number of carbonyl (C=O) groups excluding carboxylic acids is 2. The number of hydrogen-bond acceptors (Lipinski definition) is 8. The third-order valence-electron chi connectivity index (χ3n) is 6.40. The average Bonchev–Trinajstić information content (AvgIpc) is 3.41. The summed E-state index contributed by atoms with van der Waals surface area (Å²) in [5.74, 6) is 0. The number of hydrogen-bond donors (Lipinski definition) is 5. The van der Waals surface area contributed by atoms with Gasteiger partial charge in [-0.2, -0.15) is 0 Å². The summed E-state index contributed by atoms with van der Waals surface area (Å²) in [6, 6.07) is 17.8. The Morgan fingerprint density at radius 1 is 0.875 bits per heavy atom. The topological polar surface area (TPSA) is 138 Å². The van der Waals surface area contributed by atoms with Crippen LogP contribution in [0.1, 0.15) is 38.3 Å². The fourth-order valence-corrected chi connectivity index (χ4v) is 4.37. The molecule has 5 atom stereocenters. The number of aliphatic hydroxyl groups excluding tert-OH is 2. The van der Waals surface area contributed by atoms with E-state index in [2.05, 4.69) is 16.0 Å². The van der Waals surface area contributed by atoms with Crippen LogP contribution < -0.4 is 16.0 Å². The molecule has 2 amide bonds. The molecule has 0 spiro atoms. The molecular formula is C30H43N3O7. The van der Waals surface area contributed by atoms with Gasteiger partial charge in [0.1, 0.15) is 11.7 Å². The fraction of sp³-hybridized carbons (Fsp3) is 0.533. The summed E-state index contributed by atoms with van der Waals surface area (Å²) in [7, 11) is 0. The predicted molar refractivity (Wildman–Crippen MR) is 151 cm³/mol. The van der Waals surface area contributed by atoms with Crippen LogP contribution in [0.4, 0.5) is 9.59 Å². The van der Waals surface area contributed by atoms with Gasteiger partial charge in [-0.1, -0.05) is 60.7 Å². The van der Waals surface area contributed by atoms with Crippen LogP contribution in [0.3, 0.4) is 0 Å². The summed E-state index contributed by atoms with van der Waals surface area (Å²) >= 11 is 0. The lowest BCUT2D eigenvalue weighted by molar-refractivity contribution is 0.0415. The van der Waals surface area contributed by atoms with E-state index in [0.717, 1.165) is 11.1 Å². The van der Waals surface area contributed by atoms with Gasteiger partial charge in [-0.25, -0.2) is 9.59 Å². The minimum Gasteiger partial charge on any atom is -0.444 e. The zero-order valence-corrected chi connectivity index (χ0v) is 23.5. The largest absolute Gasteiger partial charge is 0.444 e. The molecule has 1 unspecified atom stereocenters. The van der Waals surface area contributed by atoms with E-state index in [1.54, 1.807) is 20.8 Å². The van der Waals surface area contributed by atoms with Crippen molar-refractivity contribution in [2.75, 3.05) is 26.3 Å². The SMILES string of the molecule is CC(C)(C)OC(=O)N[C@@H](Cc1ccccc1)[C@H](O)CNC[C@@H](O)[C@H](Cc1ccccc1)NC(=O)OC1CCOC1. The van der Waals surface area contributed by atoms with E-state index in [-0.39, 0.29) is 19.2 Å². The Balaban J connectivity index is 1.58. The number of ether oxygens (including phenoxy) is 3. The Bertz CT molecular complexity index is 1030. The standard InChI is InChI=1S/C30H43N3O7/c1-30(2,3)40-29(37)33-25(17-22-12-8-5-9-13-22)27(35)19-31-18-26(34)24(16-21-10-6-4-7-11-21)32-28(36)39-23-14-15-38-20-23/h4-13,23-27,31,34-35H,14-20H2,1-3H3,(H,32,36)(H,33,37)/t23?,24-,25-,26+,27+/m0/s1. The third-order valence-corrected chi connectivity index (χ3v) is 6.40. The Labute approximate surface area is 236 Å². The Morgan fingerprint density at radius 2 is 1.38 bits per heavy atom. The average molecular weight is 558 g/mol. The summed E-state index contributed by atoms with van der Waals surface area (Å²) in [4.78, 5) is 25.0. The first-order chi connectivity index (χ1) is 19.1. The van der Waals surface area contributed by atoms with Crippen LogP contribution in [0.25, 0.3) is 0 Å². The van der Waals surface area contributed by atoms with E-state index in [1.807, 2.05) is 60.7 Å². The van der Waals surface area contributed by atoms with Crippen LogP contribution >= 0.6 is 0 Å². The van der Waals surface area contributed by atoms with Gasteiger partial charge in [0.15, 0.2) is 0 Å². The molecule has 10 nitrogen and oxygen atoms in total. The second-order valence-corrected chi connectivity index (χ2v) is 11.1. The van der Waals surface area contributed by atoms with Gasteiger partial charge in [0.2, 0.25) is 0 Å². The maximum Gasteiger partial charge on any atom is 0.407 e. The zero-order valence-electron chi connectivity index (χ0n) is 23.5. The highest BCUT2D eigenvalue weighted by molar-refractivity contribution is 5.68. The van der Waals surface area contributed by atoms with Crippen molar-refractivity contribution < 1.29 is 34.0 Å². The van der Waals surface area contributed by atoms with Crippen molar-refractivity contribution in [1.82, 2.24) is 16.0 Å². The smallest absolute Gasteiger partial charge is 0.407 e. The highest BCUT2D eigenvalue weighted by atomic mass is 16.6. The van der Waals surface area contributed by atoms with Crippen molar-refractivity contribution in [3.05, 3.63) is 71.8 Å². The summed E-state index contributed by atoms with van der Waals surface area (Å²) in [5, 5.41) is 30.7. The predicted octanol–water partition coefficient (Wildman–Crippen LogP) is 2.56. The molecule has 1 heterocycles. The highest BCUT2D eigenvalue weighted by Gasteiger charge is 2.28. The van der Waals surface area contributed by atoms with Crippen LogP contribution in [0.2, 0.25) is 0 Å². The Morgan fingerprint density at radius 3 is 1.82 bits per heavy atom. The number of amides is 2. The lowest BCUT2D eigenvalue weighted by atomic mass is 10.00. The molecule has 0 radical (unpaired) electrons. The maximum absolute atomic E-state index is 12.5. The van der Waals surface area contributed by atoms with E-state index in [4.69, 9.17) is 14.2 Å². The van der Waals surface area contributed by atoms with Gasteiger partial charge in [0.25, 0.3) is 0 Å². The maximum atomic E-state index is 12.5. The second-order valence-electron chi connectivity index (χ2n) is 11.1. The van der Waals surface area contributed by atoms with Gasteiger partial charge in [-0.3, -0.25) is 0 Å². The van der Waals surface area contributed by atoms with E-state index >= 15 is 0 Å². The van der Waals surface area contributed by atoms with Crippen molar-refractivity contribution in [2.45, 2.75) is 76.0 Å². The molecule has 0 saturated carbocycles. The normalized spacial score (nSPS) is 18.3. The molecule has 1 saturated heterocycles. The molecule has 1 fully saturated rings. The molecule has 40 heavy (non-hydrogen) atoms. The van der Waals surface area contributed by atoms with Crippen LogP contribution in [-0.4, -0.2) is 84.7 Å². The number of aliphatic hydroxyl groups is 2. The lowest BCUT2D eigenvalue weighted by Gasteiger charge is -2.28. The first-order valence-corrected chi connectivity index (χ1v) is 13.8. The van der Waals surface area contributed by atoms with E-state index in [9.17, 15) is 19.8 Å². The summed E-state index contributed by atoms with van der Waals surface area (Å²) in [6.45, 7) is 6.41. The highest BCUT2D eigenvalue weighted by Crippen LogP contribution is 2.12. The van der Waals surface area contributed by atoms with Crippen LogP contribution in [0.5, 0.6) is 0 Å². The van der Waals surface area contributed by atoms with Gasteiger partial charge >= 0.3 is 12.2 Å². The van der Waals surface area contributed by atoms with Gasteiger partial charge in [0.05, 0.1) is 37.5 Å². The minimum absolute atomic E-state index is 0.0892. The van der Waals surface area contributed by atoms with Crippen molar-refractivity contribution >= 4 is 12.2 Å². The molecule has 1 aliphatic rings. The number of nitrogens with one attached hydrogen (secondary N) is 3. The van der Waals surface area contributed by atoms with E-state index in [1.165, 1.54) is 0 Å². The fourth-order valence-electron chi connectivity index (χ4n) is 4.37. The molecule has 2 aromatic carbocycles. The molecule has 1 aliphatic heterocycles. The molecule has 220 valence electrons. The van der Waals surface area contributed by atoms with Crippen molar-refractivity contribution in [1.29, 1.82) is 0 Å². The van der Waals surface area contributed by atoms with Crippen molar-refractivity contribution in [3.63, 3.8) is 0 Å². The Hall–Kier alpha value is -3.18. The second kappa shape index (κ2) is 15.6. The molecule has 5 N–H and O–H groups in total. The van der Waals surface area contributed by atoms with Gasteiger partial charge in [-0.15, -0.1) is 0 Å². The van der Waals surface area contributed by atoms with Crippen molar-refractivity contribution in [2.24, 2.45) is 0 Å². The third kappa shape index (κ3) is 11.5. The minimum atomic E-state index is -0.980. The van der Waals surface area contributed by atoms with Crippen LogP contribution in [0.15, 0.2) is 60.7 Å². The molecule has 3 rings (SSSR count). The molecule has 0 aliphatic carbocycles. The zero-order chi connectivity index (χ0) is 29.0. The van der Waals surface area contributed by atoms with Gasteiger partial charge < -0.3 is 40.4 Å². The first-order valence-electron chi connectivity index (χ1n) is 13.8. The first kappa shape index (κ1) is 31.3. The number of rotatable bonds is 13. The van der Waals surface area contributed by atoms with Crippen LogP contribution in [-0.2, 0) is 27.1 Å². The molecule has 0 aromatic heterocycles. The number of alkyl carbamates (subject to hydrolysis) is 2. The van der Waals surface area contributed by atoms with E-state index < -0.39 is 42.1 Å². The number of benzene rings is 2. The van der Waals surface area contributed by atoms with Crippen LogP contribution in [0, 0.1) is 0 Å². The molecule has 10 heteroatoms. The molecule has 2 aromatic rings. The van der Waals surface area contributed by atoms with Gasteiger partial charge in [0, 0.05) is 19.5 Å². The lowest BCUT2D eigenvalue weighted by Crippen LogP contribution is -2.53. The molecular weight excluding hydrogens is 514 g/mol. The Kier molecular flexibility index (Phi) is 12.2. The number of carbonyl (C=O) groups is 2. The van der Waals surface area contributed by atoms with Gasteiger partial charge in [-0.05, 0) is 44.7 Å².